The van der Waals surface area contributed by atoms with Crippen LogP contribution >= 0.6 is 0 Å². The lowest BCUT2D eigenvalue weighted by Crippen LogP contribution is -2.35. The number of rotatable bonds is 5. The Balaban J connectivity index is 1.66. The van der Waals surface area contributed by atoms with Crippen molar-refractivity contribution < 1.29 is 9.59 Å². The molecule has 1 aliphatic heterocycles. The van der Waals surface area contributed by atoms with E-state index in [9.17, 15) is 9.59 Å². The molecule has 3 rings (SSSR count). The van der Waals surface area contributed by atoms with Crippen molar-refractivity contribution in [3.63, 3.8) is 0 Å². The molecule has 3 amide bonds. The van der Waals surface area contributed by atoms with Crippen LogP contribution in [0.2, 0.25) is 0 Å². The Morgan fingerprint density at radius 1 is 1.08 bits per heavy atom. The average Bonchev–Trinajstić information content (AvgIpc) is 3.08. The van der Waals surface area contributed by atoms with Crippen LogP contribution in [-0.2, 0) is 13.0 Å². The fourth-order valence-corrected chi connectivity index (χ4v) is 3.00. The van der Waals surface area contributed by atoms with Gasteiger partial charge in [0.05, 0.1) is 0 Å². The molecule has 0 unspecified atom stereocenters. The van der Waals surface area contributed by atoms with Gasteiger partial charge in [-0.2, -0.15) is 0 Å². The van der Waals surface area contributed by atoms with Gasteiger partial charge in [-0.05, 0) is 42.2 Å². The van der Waals surface area contributed by atoms with Crippen LogP contribution in [0.1, 0.15) is 34.8 Å². The third-order valence-corrected chi connectivity index (χ3v) is 4.29. The van der Waals surface area contributed by atoms with E-state index in [1.165, 1.54) is 0 Å². The zero-order valence-electron chi connectivity index (χ0n) is 14.4. The molecule has 2 N–H and O–H groups in total. The largest absolute Gasteiger partial charge is 0.338 e. The van der Waals surface area contributed by atoms with Gasteiger partial charge in [0.25, 0.3) is 5.91 Å². The summed E-state index contributed by atoms with van der Waals surface area (Å²) in [7, 11) is 0. The number of hydrogen-bond acceptors (Lipinski definition) is 2. The Morgan fingerprint density at radius 2 is 1.88 bits per heavy atom. The molecule has 0 saturated carbocycles. The minimum atomic E-state index is -0.150. The molecule has 5 heteroatoms. The molecule has 2 aromatic rings. The summed E-state index contributed by atoms with van der Waals surface area (Å²) in [5.41, 5.74) is 3.86. The van der Waals surface area contributed by atoms with Crippen molar-refractivity contribution in [3.05, 3.63) is 65.2 Å². The van der Waals surface area contributed by atoms with Gasteiger partial charge >= 0.3 is 6.03 Å². The van der Waals surface area contributed by atoms with E-state index in [1.54, 1.807) is 0 Å². The van der Waals surface area contributed by atoms with Crippen LogP contribution in [-0.4, -0.2) is 25.0 Å². The monoisotopic (exact) mass is 337 g/mol. The molecular formula is C20H23N3O2. The fraction of sp³-hybridized carbons (Fsp3) is 0.300. The van der Waals surface area contributed by atoms with E-state index in [0.29, 0.717) is 25.2 Å². The Morgan fingerprint density at radius 3 is 2.64 bits per heavy atom. The van der Waals surface area contributed by atoms with Crippen molar-refractivity contribution in [2.45, 2.75) is 26.3 Å². The summed E-state index contributed by atoms with van der Waals surface area (Å²) in [6, 6.07) is 15.2. The van der Waals surface area contributed by atoms with Gasteiger partial charge in [-0.3, -0.25) is 4.79 Å². The van der Waals surface area contributed by atoms with Crippen LogP contribution in [0.3, 0.4) is 0 Å². The van der Waals surface area contributed by atoms with Gasteiger partial charge in [0.1, 0.15) is 0 Å². The van der Waals surface area contributed by atoms with Gasteiger partial charge in [0, 0.05) is 30.9 Å². The molecular weight excluding hydrogens is 314 g/mol. The molecule has 0 saturated heterocycles. The molecule has 130 valence electrons. The van der Waals surface area contributed by atoms with Gasteiger partial charge in [0.2, 0.25) is 0 Å². The Hall–Kier alpha value is -2.82. The summed E-state index contributed by atoms with van der Waals surface area (Å²) in [6.45, 7) is 3.86. The quantitative estimate of drug-likeness (QED) is 0.881. The zero-order chi connectivity index (χ0) is 17.6. The maximum absolute atomic E-state index is 12.7. The molecule has 25 heavy (non-hydrogen) atoms. The predicted octanol–water partition coefficient (Wildman–Crippen LogP) is 3.10. The number of carbonyl (C=O) groups is 2. The number of nitrogens with zero attached hydrogens (tertiary/aromatic N) is 1. The van der Waals surface area contributed by atoms with Crippen LogP contribution in [0.4, 0.5) is 10.5 Å². The standard InChI is InChI=1S/C20H23N3O2/c1-2-11-21-20(25)22-14-15-8-9-18-17(13-15)10-12-23(18)19(24)16-6-4-3-5-7-16/h3-9,13H,2,10-12,14H2,1H3,(H2,21,22,25). The lowest BCUT2D eigenvalue weighted by Gasteiger charge is -2.17. The predicted molar refractivity (Wildman–Crippen MR) is 98.8 cm³/mol. The number of benzene rings is 2. The summed E-state index contributed by atoms with van der Waals surface area (Å²) in [5.74, 6) is 0.0316. The van der Waals surface area contributed by atoms with Crippen molar-refractivity contribution in [2.24, 2.45) is 0 Å². The number of nitrogens with one attached hydrogen (secondary N) is 2. The molecule has 1 heterocycles. The molecule has 0 atom stereocenters. The zero-order valence-corrected chi connectivity index (χ0v) is 14.4. The normalized spacial score (nSPS) is 12.6. The van der Waals surface area contributed by atoms with Crippen molar-refractivity contribution in [1.82, 2.24) is 10.6 Å². The van der Waals surface area contributed by atoms with Gasteiger partial charge in [0.15, 0.2) is 0 Å². The van der Waals surface area contributed by atoms with E-state index < -0.39 is 0 Å². The van der Waals surface area contributed by atoms with E-state index in [0.717, 1.165) is 29.7 Å². The number of anilines is 1. The Bertz CT molecular complexity index is 759. The summed E-state index contributed by atoms with van der Waals surface area (Å²) in [6.07, 6.45) is 1.75. The minimum Gasteiger partial charge on any atom is -0.338 e. The van der Waals surface area contributed by atoms with Crippen LogP contribution in [0, 0.1) is 0 Å². The third kappa shape index (κ3) is 3.99. The summed E-state index contributed by atoms with van der Waals surface area (Å²) in [5, 5.41) is 5.65. The summed E-state index contributed by atoms with van der Waals surface area (Å²) >= 11 is 0. The van der Waals surface area contributed by atoms with Gasteiger partial charge < -0.3 is 15.5 Å². The lowest BCUT2D eigenvalue weighted by molar-refractivity contribution is 0.0989. The molecule has 0 aliphatic carbocycles. The highest BCUT2D eigenvalue weighted by Crippen LogP contribution is 2.30. The first-order valence-corrected chi connectivity index (χ1v) is 8.69. The third-order valence-electron chi connectivity index (χ3n) is 4.29. The van der Waals surface area contributed by atoms with E-state index in [1.807, 2.05) is 54.3 Å². The fourth-order valence-electron chi connectivity index (χ4n) is 3.00. The number of hydrogen-bond donors (Lipinski definition) is 2. The molecule has 2 aromatic carbocycles. The van der Waals surface area contributed by atoms with E-state index in [-0.39, 0.29) is 11.9 Å². The SMILES string of the molecule is CCCNC(=O)NCc1ccc2c(c1)CCN2C(=O)c1ccccc1. The van der Waals surface area contributed by atoms with E-state index in [2.05, 4.69) is 16.7 Å². The number of fused-ring (bicyclic) bond motifs is 1. The smallest absolute Gasteiger partial charge is 0.315 e. The van der Waals surface area contributed by atoms with E-state index >= 15 is 0 Å². The minimum absolute atomic E-state index is 0.0316. The van der Waals surface area contributed by atoms with Crippen molar-refractivity contribution >= 4 is 17.6 Å². The highest BCUT2D eigenvalue weighted by molar-refractivity contribution is 6.07. The molecule has 0 fully saturated rings. The number of carbonyl (C=O) groups excluding carboxylic acids is 2. The molecule has 0 radical (unpaired) electrons. The molecule has 0 bridgehead atoms. The first kappa shape index (κ1) is 17.0. The second-order valence-electron chi connectivity index (χ2n) is 6.15. The molecule has 1 aliphatic rings. The van der Waals surface area contributed by atoms with Crippen molar-refractivity contribution in [1.29, 1.82) is 0 Å². The average molecular weight is 337 g/mol. The van der Waals surface area contributed by atoms with Gasteiger partial charge in [-0.15, -0.1) is 0 Å². The maximum Gasteiger partial charge on any atom is 0.315 e. The lowest BCUT2D eigenvalue weighted by atomic mass is 10.1. The Labute approximate surface area is 148 Å². The van der Waals surface area contributed by atoms with Crippen LogP contribution in [0.15, 0.2) is 48.5 Å². The van der Waals surface area contributed by atoms with Crippen LogP contribution in [0.5, 0.6) is 0 Å². The molecule has 5 nitrogen and oxygen atoms in total. The number of amides is 3. The van der Waals surface area contributed by atoms with Crippen molar-refractivity contribution in [2.75, 3.05) is 18.0 Å². The van der Waals surface area contributed by atoms with E-state index in [4.69, 9.17) is 0 Å². The van der Waals surface area contributed by atoms with Crippen LogP contribution < -0.4 is 15.5 Å². The first-order valence-electron chi connectivity index (χ1n) is 8.69. The molecule has 0 spiro atoms. The Kier molecular flexibility index (Phi) is 5.33. The topological polar surface area (TPSA) is 61.4 Å². The molecule has 0 aromatic heterocycles. The van der Waals surface area contributed by atoms with Gasteiger partial charge in [-0.1, -0.05) is 37.3 Å². The van der Waals surface area contributed by atoms with Gasteiger partial charge in [-0.25, -0.2) is 4.79 Å². The highest BCUT2D eigenvalue weighted by Gasteiger charge is 2.25. The van der Waals surface area contributed by atoms with Crippen molar-refractivity contribution in [3.8, 4) is 0 Å². The number of urea groups is 1. The summed E-state index contributed by atoms with van der Waals surface area (Å²) < 4.78 is 0. The summed E-state index contributed by atoms with van der Waals surface area (Å²) in [4.78, 5) is 26.1. The van der Waals surface area contributed by atoms with Crippen LogP contribution in [0.25, 0.3) is 0 Å². The highest BCUT2D eigenvalue weighted by atomic mass is 16.2. The first-order chi connectivity index (χ1) is 12.2. The maximum atomic E-state index is 12.7. The second kappa shape index (κ2) is 7.83. The second-order valence-corrected chi connectivity index (χ2v) is 6.15.